The van der Waals surface area contributed by atoms with Crippen molar-refractivity contribution in [3.05, 3.63) is 22.4 Å². The second-order valence-corrected chi connectivity index (χ2v) is 5.99. The highest BCUT2D eigenvalue weighted by molar-refractivity contribution is 7.09. The van der Waals surface area contributed by atoms with Crippen molar-refractivity contribution in [2.24, 2.45) is 5.92 Å². The SMILES string of the molecule is CCC(=O)NCC1CCN(Cc2cccs2)CC1. The summed E-state index contributed by atoms with van der Waals surface area (Å²) >= 11 is 1.84. The van der Waals surface area contributed by atoms with Crippen LogP contribution in [0.2, 0.25) is 0 Å². The Kier molecular flexibility index (Phi) is 5.20. The molecule has 0 aromatic carbocycles. The fourth-order valence-corrected chi connectivity index (χ4v) is 3.10. The van der Waals surface area contributed by atoms with Crippen molar-refractivity contribution in [2.45, 2.75) is 32.7 Å². The van der Waals surface area contributed by atoms with E-state index in [0.717, 1.165) is 26.2 Å². The van der Waals surface area contributed by atoms with Crippen molar-refractivity contribution >= 4 is 17.2 Å². The lowest BCUT2D eigenvalue weighted by Crippen LogP contribution is -2.38. The second kappa shape index (κ2) is 6.90. The van der Waals surface area contributed by atoms with Gasteiger partial charge in [0.05, 0.1) is 0 Å². The zero-order valence-electron chi connectivity index (χ0n) is 11.0. The summed E-state index contributed by atoms with van der Waals surface area (Å²) in [4.78, 5) is 15.2. The van der Waals surface area contributed by atoms with Crippen LogP contribution in [0.4, 0.5) is 0 Å². The Morgan fingerprint density at radius 2 is 2.28 bits per heavy atom. The van der Waals surface area contributed by atoms with Crippen molar-refractivity contribution in [3.63, 3.8) is 0 Å². The Balaban J connectivity index is 1.66. The summed E-state index contributed by atoms with van der Waals surface area (Å²) in [6, 6.07) is 4.32. The van der Waals surface area contributed by atoms with E-state index in [-0.39, 0.29) is 5.91 Å². The monoisotopic (exact) mass is 266 g/mol. The predicted octanol–water partition coefficient (Wildman–Crippen LogP) is 2.49. The topological polar surface area (TPSA) is 32.3 Å². The molecule has 0 unspecified atom stereocenters. The van der Waals surface area contributed by atoms with E-state index in [9.17, 15) is 4.79 Å². The summed E-state index contributed by atoms with van der Waals surface area (Å²) in [5, 5.41) is 5.15. The van der Waals surface area contributed by atoms with Crippen molar-refractivity contribution in [1.82, 2.24) is 10.2 Å². The molecule has 0 bridgehead atoms. The van der Waals surface area contributed by atoms with Gasteiger partial charge in [0.15, 0.2) is 0 Å². The smallest absolute Gasteiger partial charge is 0.219 e. The van der Waals surface area contributed by atoms with Crippen LogP contribution in [-0.2, 0) is 11.3 Å². The van der Waals surface area contributed by atoms with Crippen LogP contribution >= 0.6 is 11.3 Å². The number of piperidine rings is 1. The average molecular weight is 266 g/mol. The first-order valence-corrected chi connectivity index (χ1v) is 7.67. The van der Waals surface area contributed by atoms with Gasteiger partial charge in [0.25, 0.3) is 0 Å². The zero-order chi connectivity index (χ0) is 12.8. The Morgan fingerprint density at radius 1 is 1.50 bits per heavy atom. The lowest BCUT2D eigenvalue weighted by Gasteiger charge is -2.31. The van der Waals surface area contributed by atoms with Crippen LogP contribution in [-0.4, -0.2) is 30.4 Å². The van der Waals surface area contributed by atoms with Crippen molar-refractivity contribution < 1.29 is 4.79 Å². The molecule has 0 spiro atoms. The quantitative estimate of drug-likeness (QED) is 0.888. The number of rotatable bonds is 5. The Hall–Kier alpha value is -0.870. The highest BCUT2D eigenvalue weighted by atomic mass is 32.1. The van der Waals surface area contributed by atoms with E-state index < -0.39 is 0 Å². The molecule has 1 amide bonds. The molecular weight excluding hydrogens is 244 g/mol. The molecule has 2 rings (SSSR count). The molecule has 1 aliphatic rings. The molecule has 4 heteroatoms. The molecule has 1 N–H and O–H groups in total. The Morgan fingerprint density at radius 3 is 2.89 bits per heavy atom. The van der Waals surface area contributed by atoms with E-state index in [2.05, 4.69) is 27.7 Å². The van der Waals surface area contributed by atoms with Gasteiger partial charge in [-0.3, -0.25) is 9.69 Å². The van der Waals surface area contributed by atoms with Crippen LogP contribution in [0.15, 0.2) is 17.5 Å². The van der Waals surface area contributed by atoms with E-state index >= 15 is 0 Å². The van der Waals surface area contributed by atoms with E-state index in [4.69, 9.17) is 0 Å². The summed E-state index contributed by atoms with van der Waals surface area (Å²) in [5.74, 6) is 0.844. The number of hydrogen-bond donors (Lipinski definition) is 1. The van der Waals surface area contributed by atoms with Crippen molar-refractivity contribution in [2.75, 3.05) is 19.6 Å². The summed E-state index contributed by atoms with van der Waals surface area (Å²) in [7, 11) is 0. The number of likely N-dealkylation sites (tertiary alicyclic amines) is 1. The lowest BCUT2D eigenvalue weighted by molar-refractivity contribution is -0.121. The Labute approximate surface area is 113 Å². The van der Waals surface area contributed by atoms with Gasteiger partial charge in [-0.05, 0) is 43.3 Å². The molecule has 1 aliphatic heterocycles. The number of carbonyl (C=O) groups is 1. The largest absolute Gasteiger partial charge is 0.356 e. The number of carbonyl (C=O) groups excluding carboxylic acids is 1. The predicted molar refractivity (Wildman–Crippen MR) is 75.6 cm³/mol. The minimum atomic E-state index is 0.177. The molecule has 1 saturated heterocycles. The molecule has 0 radical (unpaired) electrons. The first-order chi connectivity index (χ1) is 8.78. The van der Waals surface area contributed by atoms with Gasteiger partial charge in [-0.25, -0.2) is 0 Å². The lowest BCUT2D eigenvalue weighted by atomic mass is 9.96. The molecule has 1 aromatic heterocycles. The van der Waals surface area contributed by atoms with Gasteiger partial charge in [-0.15, -0.1) is 11.3 Å². The van der Waals surface area contributed by atoms with Crippen molar-refractivity contribution in [1.29, 1.82) is 0 Å². The molecule has 18 heavy (non-hydrogen) atoms. The van der Waals surface area contributed by atoms with Crippen molar-refractivity contribution in [3.8, 4) is 0 Å². The van der Waals surface area contributed by atoms with Gasteiger partial charge in [-0.2, -0.15) is 0 Å². The van der Waals surface area contributed by atoms with Crippen LogP contribution in [0.5, 0.6) is 0 Å². The van der Waals surface area contributed by atoms with Gasteiger partial charge >= 0.3 is 0 Å². The van der Waals surface area contributed by atoms with Crippen LogP contribution in [0, 0.1) is 5.92 Å². The van der Waals surface area contributed by atoms with Gasteiger partial charge < -0.3 is 5.32 Å². The Bertz CT molecular complexity index is 356. The van der Waals surface area contributed by atoms with Crippen LogP contribution in [0.25, 0.3) is 0 Å². The minimum Gasteiger partial charge on any atom is -0.356 e. The normalized spacial score (nSPS) is 17.8. The van der Waals surface area contributed by atoms with Crippen LogP contribution in [0.1, 0.15) is 31.1 Å². The zero-order valence-corrected chi connectivity index (χ0v) is 11.8. The highest BCUT2D eigenvalue weighted by Gasteiger charge is 2.19. The van der Waals surface area contributed by atoms with Crippen LogP contribution < -0.4 is 5.32 Å². The fraction of sp³-hybridized carbons (Fsp3) is 0.643. The fourth-order valence-electron chi connectivity index (χ4n) is 2.35. The first kappa shape index (κ1) is 13.6. The molecule has 0 saturated carbocycles. The number of thiophene rings is 1. The maximum absolute atomic E-state index is 11.2. The minimum absolute atomic E-state index is 0.177. The number of nitrogens with one attached hydrogen (secondary N) is 1. The molecule has 3 nitrogen and oxygen atoms in total. The molecule has 2 heterocycles. The highest BCUT2D eigenvalue weighted by Crippen LogP contribution is 2.20. The van der Waals surface area contributed by atoms with Crippen LogP contribution in [0.3, 0.4) is 0 Å². The number of amides is 1. The number of hydrogen-bond acceptors (Lipinski definition) is 3. The third-order valence-corrected chi connectivity index (χ3v) is 4.44. The first-order valence-electron chi connectivity index (χ1n) is 6.79. The maximum atomic E-state index is 11.2. The molecular formula is C14H22N2OS. The third-order valence-electron chi connectivity index (χ3n) is 3.58. The van der Waals surface area contributed by atoms with E-state index in [0.29, 0.717) is 12.3 Å². The summed E-state index contributed by atoms with van der Waals surface area (Å²) < 4.78 is 0. The molecule has 100 valence electrons. The van der Waals surface area contributed by atoms with Gasteiger partial charge in [0.1, 0.15) is 0 Å². The van der Waals surface area contributed by atoms with E-state index in [1.54, 1.807) is 0 Å². The van der Waals surface area contributed by atoms with Gasteiger partial charge in [0, 0.05) is 24.4 Å². The molecule has 1 fully saturated rings. The van der Waals surface area contributed by atoms with Gasteiger partial charge in [-0.1, -0.05) is 13.0 Å². The standard InChI is InChI=1S/C14H22N2OS/c1-2-14(17)15-10-12-5-7-16(8-6-12)11-13-4-3-9-18-13/h3-4,9,12H,2,5-8,10-11H2,1H3,(H,15,17). The maximum Gasteiger partial charge on any atom is 0.219 e. The van der Waals surface area contributed by atoms with Gasteiger partial charge in [0.2, 0.25) is 5.91 Å². The summed E-state index contributed by atoms with van der Waals surface area (Å²) in [6.07, 6.45) is 3.00. The molecule has 1 aromatic rings. The molecule has 0 atom stereocenters. The molecule has 0 aliphatic carbocycles. The third kappa shape index (κ3) is 4.10. The van der Waals surface area contributed by atoms with E-state index in [1.807, 2.05) is 18.3 Å². The summed E-state index contributed by atoms with van der Waals surface area (Å²) in [6.45, 7) is 6.17. The second-order valence-electron chi connectivity index (χ2n) is 4.96. The van der Waals surface area contributed by atoms with E-state index in [1.165, 1.54) is 17.7 Å². The summed E-state index contributed by atoms with van der Waals surface area (Å²) in [5.41, 5.74) is 0. The average Bonchev–Trinajstić information content (AvgIpc) is 2.90. The number of nitrogens with zero attached hydrogens (tertiary/aromatic N) is 1.